The number of likely N-dealkylation sites (N-methyl/N-ethyl adjacent to an activating group) is 1. The Morgan fingerprint density at radius 1 is 1.33 bits per heavy atom. The zero-order valence-corrected chi connectivity index (χ0v) is 10.0. The number of nitrogens with one attached hydrogen (secondary N) is 1. The molecule has 0 saturated carbocycles. The molecule has 0 amide bonds. The monoisotopic (exact) mass is 261 g/mol. The van der Waals surface area contributed by atoms with Crippen LogP contribution in [0, 0.1) is 0 Å². The minimum Gasteiger partial charge on any atom is -0.468 e. The van der Waals surface area contributed by atoms with Gasteiger partial charge in [0.15, 0.2) is 0 Å². The number of carbonyl (C=O) groups excluding carboxylic acids is 1. The Bertz CT molecular complexity index is 401. The van der Waals surface area contributed by atoms with E-state index < -0.39 is 23.8 Å². The lowest BCUT2D eigenvalue weighted by atomic mass is 10.0. The highest BCUT2D eigenvalue weighted by Gasteiger charge is 2.30. The van der Waals surface area contributed by atoms with Crippen molar-refractivity contribution < 1.29 is 22.7 Å². The number of hydrogen-bond acceptors (Lipinski definition) is 3. The minimum atomic E-state index is -4.34. The minimum absolute atomic E-state index is 0.279. The zero-order chi connectivity index (χ0) is 13.8. The lowest BCUT2D eigenvalue weighted by Crippen LogP contribution is -2.36. The van der Waals surface area contributed by atoms with Crippen molar-refractivity contribution in [1.29, 1.82) is 0 Å². The molecule has 0 heterocycles. The number of esters is 1. The SMILES string of the molecule is CNC(Cc1ccc(C(F)(F)F)cc1)C(=O)OC. The standard InChI is InChI=1S/C12H14F3NO2/c1-16-10(11(17)18-2)7-8-3-5-9(6-4-8)12(13,14)15/h3-6,10,16H,7H2,1-2H3. The van der Waals surface area contributed by atoms with Crippen LogP contribution >= 0.6 is 0 Å². The first kappa shape index (κ1) is 14.5. The van der Waals surface area contributed by atoms with E-state index in [-0.39, 0.29) is 6.42 Å². The van der Waals surface area contributed by atoms with Gasteiger partial charge in [-0.3, -0.25) is 4.79 Å². The third-order valence-electron chi connectivity index (χ3n) is 2.56. The van der Waals surface area contributed by atoms with E-state index in [2.05, 4.69) is 10.1 Å². The van der Waals surface area contributed by atoms with Crippen molar-refractivity contribution >= 4 is 5.97 Å². The van der Waals surface area contributed by atoms with Crippen LogP contribution in [0.15, 0.2) is 24.3 Å². The maximum Gasteiger partial charge on any atom is 0.416 e. The second-order valence-electron chi connectivity index (χ2n) is 3.76. The molecular weight excluding hydrogens is 247 g/mol. The van der Waals surface area contributed by atoms with Crippen molar-refractivity contribution in [2.75, 3.05) is 14.2 Å². The first-order chi connectivity index (χ1) is 8.38. The van der Waals surface area contributed by atoms with Crippen molar-refractivity contribution in [2.24, 2.45) is 0 Å². The van der Waals surface area contributed by atoms with Crippen LogP contribution in [0.25, 0.3) is 0 Å². The predicted molar refractivity (Wildman–Crippen MR) is 60.0 cm³/mol. The van der Waals surface area contributed by atoms with Gasteiger partial charge in [-0.15, -0.1) is 0 Å². The summed E-state index contributed by atoms with van der Waals surface area (Å²) in [5.41, 5.74) is -0.0712. The maximum atomic E-state index is 12.3. The van der Waals surface area contributed by atoms with Crippen LogP contribution in [-0.4, -0.2) is 26.2 Å². The molecule has 3 nitrogen and oxygen atoms in total. The molecule has 0 fully saturated rings. The number of ether oxygens (including phenoxy) is 1. The van der Waals surface area contributed by atoms with Crippen LogP contribution in [0.3, 0.4) is 0 Å². The lowest BCUT2D eigenvalue weighted by Gasteiger charge is -2.14. The molecule has 6 heteroatoms. The van der Waals surface area contributed by atoms with Crippen molar-refractivity contribution in [3.05, 3.63) is 35.4 Å². The highest BCUT2D eigenvalue weighted by molar-refractivity contribution is 5.76. The smallest absolute Gasteiger partial charge is 0.416 e. The third-order valence-corrected chi connectivity index (χ3v) is 2.56. The highest BCUT2D eigenvalue weighted by Crippen LogP contribution is 2.29. The molecular formula is C12H14F3NO2. The summed E-state index contributed by atoms with van der Waals surface area (Å²) in [6, 6.07) is 4.15. The molecule has 1 unspecified atom stereocenters. The van der Waals surface area contributed by atoms with Crippen LogP contribution in [0.4, 0.5) is 13.2 Å². The number of halogens is 3. The largest absolute Gasteiger partial charge is 0.468 e. The molecule has 0 spiro atoms. The molecule has 100 valence electrons. The van der Waals surface area contributed by atoms with Crippen LogP contribution in [0.1, 0.15) is 11.1 Å². The van der Waals surface area contributed by atoms with Crippen molar-refractivity contribution in [3.63, 3.8) is 0 Å². The topological polar surface area (TPSA) is 38.3 Å². The van der Waals surface area contributed by atoms with Gasteiger partial charge in [0.25, 0.3) is 0 Å². The Labute approximate surface area is 103 Å². The third kappa shape index (κ3) is 3.73. The molecule has 0 saturated heterocycles. The molecule has 0 aliphatic rings. The van der Waals surface area contributed by atoms with Gasteiger partial charge < -0.3 is 10.1 Å². The summed E-state index contributed by atoms with van der Waals surface area (Å²) in [5, 5.41) is 2.75. The molecule has 0 aliphatic heterocycles. The zero-order valence-electron chi connectivity index (χ0n) is 10.0. The summed E-state index contributed by atoms with van der Waals surface area (Å²) < 4.78 is 41.6. The number of hydrogen-bond donors (Lipinski definition) is 1. The second kappa shape index (κ2) is 5.86. The van der Waals surface area contributed by atoms with Crippen LogP contribution in [0.5, 0.6) is 0 Å². The summed E-state index contributed by atoms with van der Waals surface area (Å²) >= 11 is 0. The Hall–Kier alpha value is -1.56. The van der Waals surface area contributed by atoms with Gasteiger partial charge in [0.1, 0.15) is 6.04 Å². The van der Waals surface area contributed by atoms with E-state index in [9.17, 15) is 18.0 Å². The summed E-state index contributed by atoms with van der Waals surface area (Å²) in [6.07, 6.45) is -4.06. The number of methoxy groups -OCH3 is 1. The molecule has 0 radical (unpaired) electrons. The Kier molecular flexibility index (Phi) is 4.72. The van der Waals surface area contributed by atoms with Crippen LogP contribution in [0.2, 0.25) is 0 Å². The van der Waals surface area contributed by atoms with Crippen LogP contribution < -0.4 is 5.32 Å². The van der Waals surface area contributed by atoms with E-state index in [1.165, 1.54) is 19.2 Å². The first-order valence-electron chi connectivity index (χ1n) is 5.29. The van der Waals surface area contributed by atoms with E-state index in [0.29, 0.717) is 5.56 Å². The Balaban J connectivity index is 2.77. The van der Waals surface area contributed by atoms with Gasteiger partial charge in [0.2, 0.25) is 0 Å². The molecule has 1 rings (SSSR count). The van der Waals surface area contributed by atoms with E-state index in [4.69, 9.17) is 0 Å². The van der Waals surface area contributed by atoms with E-state index in [1.807, 2.05) is 0 Å². The van der Waals surface area contributed by atoms with Gasteiger partial charge in [-0.2, -0.15) is 13.2 Å². The van der Waals surface area contributed by atoms with Crippen molar-refractivity contribution in [3.8, 4) is 0 Å². The molecule has 0 bridgehead atoms. The average molecular weight is 261 g/mol. The fraction of sp³-hybridized carbons (Fsp3) is 0.417. The molecule has 1 N–H and O–H groups in total. The molecule has 1 aromatic carbocycles. The Morgan fingerprint density at radius 3 is 2.28 bits per heavy atom. The normalized spacial score (nSPS) is 13.2. The van der Waals surface area contributed by atoms with E-state index >= 15 is 0 Å². The molecule has 18 heavy (non-hydrogen) atoms. The number of rotatable bonds is 4. The number of alkyl halides is 3. The van der Waals surface area contributed by atoms with Crippen molar-refractivity contribution in [1.82, 2.24) is 5.32 Å². The average Bonchev–Trinajstić information content (AvgIpc) is 2.34. The summed E-state index contributed by atoms with van der Waals surface area (Å²) in [4.78, 5) is 11.3. The molecule has 1 atom stereocenters. The van der Waals surface area contributed by atoms with Gasteiger partial charge in [-0.25, -0.2) is 0 Å². The van der Waals surface area contributed by atoms with E-state index in [1.54, 1.807) is 7.05 Å². The van der Waals surface area contributed by atoms with E-state index in [0.717, 1.165) is 12.1 Å². The number of carbonyl (C=O) groups is 1. The van der Waals surface area contributed by atoms with Crippen molar-refractivity contribution in [2.45, 2.75) is 18.6 Å². The highest BCUT2D eigenvalue weighted by atomic mass is 19.4. The van der Waals surface area contributed by atoms with Gasteiger partial charge in [-0.05, 0) is 31.2 Å². The quantitative estimate of drug-likeness (QED) is 0.843. The maximum absolute atomic E-state index is 12.3. The van der Waals surface area contributed by atoms with Gasteiger partial charge in [-0.1, -0.05) is 12.1 Å². The summed E-state index contributed by atoms with van der Waals surface area (Å²) in [6.45, 7) is 0. The summed E-state index contributed by atoms with van der Waals surface area (Å²) in [5.74, 6) is -0.447. The summed E-state index contributed by atoms with van der Waals surface area (Å²) in [7, 11) is 2.85. The van der Waals surface area contributed by atoms with Gasteiger partial charge >= 0.3 is 12.1 Å². The van der Waals surface area contributed by atoms with Gasteiger partial charge in [0.05, 0.1) is 12.7 Å². The molecule has 1 aromatic rings. The van der Waals surface area contributed by atoms with Crippen LogP contribution in [-0.2, 0) is 22.1 Å². The first-order valence-corrected chi connectivity index (χ1v) is 5.29. The molecule has 0 aliphatic carbocycles. The fourth-order valence-corrected chi connectivity index (χ4v) is 1.51. The second-order valence-corrected chi connectivity index (χ2v) is 3.76. The molecule has 0 aromatic heterocycles. The lowest BCUT2D eigenvalue weighted by molar-refractivity contribution is -0.143. The predicted octanol–water partition coefficient (Wildman–Crippen LogP) is 2.01. The fourth-order valence-electron chi connectivity index (χ4n) is 1.51. The number of benzene rings is 1. The Morgan fingerprint density at radius 2 is 1.89 bits per heavy atom. The van der Waals surface area contributed by atoms with Gasteiger partial charge in [0, 0.05) is 0 Å².